The van der Waals surface area contributed by atoms with Gasteiger partial charge >= 0.3 is 0 Å². The Morgan fingerprint density at radius 3 is 2.71 bits per heavy atom. The van der Waals surface area contributed by atoms with Gasteiger partial charge in [-0.1, -0.05) is 29.7 Å². The molecule has 6 nitrogen and oxygen atoms in total. The quantitative estimate of drug-likeness (QED) is 0.275. The van der Waals surface area contributed by atoms with Gasteiger partial charge in [0, 0.05) is 42.6 Å². The molecule has 2 aromatic heterocycles. The molecule has 0 aliphatic rings. The molecule has 0 bridgehead atoms. The predicted octanol–water partition coefficient (Wildman–Crippen LogP) is 4.03. The lowest BCUT2D eigenvalue weighted by Gasteiger charge is -2.13. The number of hydrogen-bond acceptors (Lipinski definition) is 6. The highest BCUT2D eigenvalue weighted by Gasteiger charge is 2.13. The van der Waals surface area contributed by atoms with Crippen molar-refractivity contribution in [2.75, 3.05) is 7.05 Å². The molecule has 0 atom stereocenters. The van der Waals surface area contributed by atoms with E-state index in [4.69, 9.17) is 27.8 Å². The van der Waals surface area contributed by atoms with Crippen molar-refractivity contribution >= 4 is 23.2 Å². The van der Waals surface area contributed by atoms with E-state index in [1.165, 1.54) is 0 Å². The Hall–Kier alpha value is -3.66. The third-order valence-corrected chi connectivity index (χ3v) is 4.67. The Labute approximate surface area is 186 Å². The minimum absolute atomic E-state index is 0.310. The monoisotopic (exact) mass is 431 g/mol. The summed E-state index contributed by atoms with van der Waals surface area (Å²) >= 11 is 6.27. The van der Waals surface area contributed by atoms with Crippen LogP contribution in [0.15, 0.2) is 65.8 Å². The van der Waals surface area contributed by atoms with Crippen molar-refractivity contribution in [3.05, 3.63) is 82.8 Å². The van der Waals surface area contributed by atoms with Crippen molar-refractivity contribution in [2.45, 2.75) is 13.5 Å². The molecule has 0 saturated carbocycles. The lowest BCUT2D eigenvalue weighted by molar-refractivity contribution is 0.556. The topological polar surface area (TPSA) is 99.4 Å². The molecule has 4 N–H and O–H groups in total. The number of pyridine rings is 2. The average Bonchev–Trinajstić information content (AvgIpc) is 2.79. The van der Waals surface area contributed by atoms with Crippen molar-refractivity contribution in [1.82, 2.24) is 9.97 Å². The highest BCUT2D eigenvalue weighted by molar-refractivity contribution is 6.30. The summed E-state index contributed by atoms with van der Waals surface area (Å²) in [6.45, 7) is 2.08. The maximum absolute atomic E-state index is 6.27. The first-order valence-electron chi connectivity index (χ1n) is 9.51. The van der Waals surface area contributed by atoms with E-state index < -0.39 is 0 Å². The van der Waals surface area contributed by atoms with E-state index in [1.54, 1.807) is 26.2 Å². The molecule has 3 aromatic rings. The Morgan fingerprint density at radius 2 is 2.06 bits per heavy atom. The molecule has 0 saturated heterocycles. The fourth-order valence-corrected chi connectivity index (χ4v) is 3.03. The summed E-state index contributed by atoms with van der Waals surface area (Å²) in [5.74, 6) is 6.76. The molecule has 156 valence electrons. The van der Waals surface area contributed by atoms with Gasteiger partial charge in [0.15, 0.2) is 0 Å². The number of aromatic nitrogens is 2. The maximum Gasteiger partial charge on any atom is 0.216 e. The first kappa shape index (κ1) is 22.0. The van der Waals surface area contributed by atoms with Crippen molar-refractivity contribution in [3.8, 4) is 28.8 Å². The zero-order chi connectivity index (χ0) is 22.2. The van der Waals surface area contributed by atoms with Crippen LogP contribution >= 0.6 is 11.6 Å². The normalized spacial score (nSPS) is 11.6. The zero-order valence-electron chi connectivity index (χ0n) is 17.3. The van der Waals surface area contributed by atoms with E-state index in [2.05, 4.69) is 26.8 Å². The molecule has 1 aromatic carbocycles. The third kappa shape index (κ3) is 5.48. The molecular weight excluding hydrogens is 410 g/mol. The Kier molecular flexibility index (Phi) is 7.39. The fourth-order valence-electron chi connectivity index (χ4n) is 2.80. The van der Waals surface area contributed by atoms with Crippen LogP contribution in [-0.2, 0) is 6.54 Å². The number of nitrogens with zero attached hydrogens (tertiary/aromatic N) is 3. The average molecular weight is 432 g/mol. The summed E-state index contributed by atoms with van der Waals surface area (Å²) in [4.78, 5) is 12.9. The second kappa shape index (κ2) is 10.4. The van der Waals surface area contributed by atoms with Gasteiger partial charge in [-0.15, -0.1) is 5.92 Å². The summed E-state index contributed by atoms with van der Waals surface area (Å²) in [5, 5.41) is 0.354. The fraction of sp³-hybridized carbons (Fsp3) is 0.125. The van der Waals surface area contributed by atoms with Gasteiger partial charge in [-0.25, -0.2) is 4.98 Å². The molecule has 0 aliphatic carbocycles. The molecule has 3 rings (SSSR count). The molecular formula is C24H22ClN5O. The molecule has 0 fully saturated rings. The molecule has 2 heterocycles. The smallest absolute Gasteiger partial charge is 0.216 e. The SMILES string of the molecule is CC#Cc1ccc(-c2ccc(CN)c(Cl)n2)c(OC(C=C(N)c2ccccn2)=NC)c1. The van der Waals surface area contributed by atoms with Crippen molar-refractivity contribution in [1.29, 1.82) is 0 Å². The summed E-state index contributed by atoms with van der Waals surface area (Å²) in [7, 11) is 1.62. The van der Waals surface area contributed by atoms with Gasteiger partial charge in [0.05, 0.1) is 17.1 Å². The van der Waals surface area contributed by atoms with E-state index >= 15 is 0 Å². The van der Waals surface area contributed by atoms with Gasteiger partial charge in [0.25, 0.3) is 0 Å². The zero-order valence-corrected chi connectivity index (χ0v) is 18.0. The van der Waals surface area contributed by atoms with Gasteiger partial charge < -0.3 is 16.2 Å². The number of halogens is 1. The Balaban J connectivity index is 2.02. The van der Waals surface area contributed by atoms with Crippen LogP contribution in [-0.4, -0.2) is 22.9 Å². The highest BCUT2D eigenvalue weighted by Crippen LogP contribution is 2.32. The van der Waals surface area contributed by atoms with Gasteiger partial charge in [0.2, 0.25) is 5.90 Å². The van der Waals surface area contributed by atoms with Crippen LogP contribution in [0.3, 0.4) is 0 Å². The van der Waals surface area contributed by atoms with Gasteiger partial charge in [-0.2, -0.15) is 0 Å². The first-order chi connectivity index (χ1) is 15.0. The van der Waals surface area contributed by atoms with Gasteiger partial charge in [-0.3, -0.25) is 9.98 Å². The van der Waals surface area contributed by atoms with E-state index in [9.17, 15) is 0 Å². The highest BCUT2D eigenvalue weighted by atomic mass is 35.5. The molecule has 0 spiro atoms. The van der Waals surface area contributed by atoms with E-state index in [0.717, 1.165) is 16.7 Å². The summed E-state index contributed by atoms with van der Waals surface area (Å²) < 4.78 is 6.12. The molecule has 0 amide bonds. The third-order valence-electron chi connectivity index (χ3n) is 4.35. The number of aliphatic imine (C=N–C) groups is 1. The van der Waals surface area contributed by atoms with Crippen LogP contribution in [0.2, 0.25) is 5.15 Å². The second-order valence-corrected chi connectivity index (χ2v) is 6.77. The number of ether oxygens (including phenoxy) is 1. The number of benzene rings is 1. The standard InChI is InChI=1S/C24H22ClN5O/c1-3-6-16-8-10-18(20-11-9-17(15-26)24(25)30-20)22(13-16)31-23(28-2)14-19(27)21-7-4-5-12-29-21/h4-5,7-14H,15,26-27H2,1-2H3. The van der Waals surface area contributed by atoms with E-state index in [1.807, 2.05) is 48.5 Å². The van der Waals surface area contributed by atoms with Crippen LogP contribution in [0, 0.1) is 11.8 Å². The maximum atomic E-state index is 6.27. The van der Waals surface area contributed by atoms with Crippen molar-refractivity contribution in [3.63, 3.8) is 0 Å². The molecule has 0 aliphatic heterocycles. The van der Waals surface area contributed by atoms with Crippen LogP contribution in [0.1, 0.15) is 23.7 Å². The number of nitrogens with two attached hydrogens (primary N) is 2. The minimum Gasteiger partial charge on any atom is -0.439 e. The summed E-state index contributed by atoms with van der Waals surface area (Å²) in [6.07, 6.45) is 3.30. The lowest BCUT2D eigenvalue weighted by Crippen LogP contribution is -2.10. The molecule has 7 heteroatoms. The minimum atomic E-state index is 0.310. The van der Waals surface area contributed by atoms with Crippen LogP contribution in [0.25, 0.3) is 17.0 Å². The molecule has 31 heavy (non-hydrogen) atoms. The van der Waals surface area contributed by atoms with Crippen LogP contribution in [0.5, 0.6) is 5.75 Å². The lowest BCUT2D eigenvalue weighted by atomic mass is 10.1. The van der Waals surface area contributed by atoms with Crippen molar-refractivity contribution < 1.29 is 4.74 Å². The summed E-state index contributed by atoms with van der Waals surface area (Å²) in [5.41, 5.74) is 15.9. The first-order valence-corrected chi connectivity index (χ1v) is 9.89. The van der Waals surface area contributed by atoms with Gasteiger partial charge in [0.1, 0.15) is 10.9 Å². The predicted molar refractivity (Wildman–Crippen MR) is 126 cm³/mol. The van der Waals surface area contributed by atoms with E-state index in [0.29, 0.717) is 40.4 Å². The molecule has 0 radical (unpaired) electrons. The second-order valence-electron chi connectivity index (χ2n) is 6.42. The van der Waals surface area contributed by atoms with E-state index in [-0.39, 0.29) is 0 Å². The number of rotatable bonds is 5. The van der Waals surface area contributed by atoms with Crippen LogP contribution < -0.4 is 16.2 Å². The summed E-state index contributed by atoms with van der Waals surface area (Å²) in [6, 6.07) is 14.8. The largest absolute Gasteiger partial charge is 0.439 e. The van der Waals surface area contributed by atoms with Crippen LogP contribution in [0.4, 0.5) is 0 Å². The number of hydrogen-bond donors (Lipinski definition) is 2. The van der Waals surface area contributed by atoms with Crippen molar-refractivity contribution in [2.24, 2.45) is 16.5 Å². The van der Waals surface area contributed by atoms with Gasteiger partial charge in [-0.05, 0) is 43.3 Å². The Bertz CT molecular complexity index is 1190. The molecule has 0 unspecified atom stereocenters. The Morgan fingerprint density at radius 1 is 1.23 bits per heavy atom.